The molecule has 0 bridgehead atoms. The van der Waals surface area contributed by atoms with E-state index in [-0.39, 0.29) is 24.5 Å². The van der Waals surface area contributed by atoms with E-state index < -0.39 is 0 Å². The Labute approximate surface area is 86.1 Å². The van der Waals surface area contributed by atoms with Gasteiger partial charge in [0.1, 0.15) is 0 Å². The van der Waals surface area contributed by atoms with Crippen LogP contribution in [0.3, 0.4) is 0 Å². The van der Waals surface area contributed by atoms with E-state index in [4.69, 9.17) is 5.11 Å². The fourth-order valence-electron chi connectivity index (χ4n) is 1.01. The molecule has 0 aromatic rings. The molecule has 0 aliphatic heterocycles. The molecular weight excluding hydrogens is 180 g/mol. The third-order valence-electron chi connectivity index (χ3n) is 1.78. The zero-order chi connectivity index (χ0) is 11.0. The predicted molar refractivity (Wildman–Crippen MR) is 57.0 cm³/mol. The second-order valence-corrected chi connectivity index (χ2v) is 3.96. The van der Waals surface area contributed by atoms with E-state index in [1.165, 1.54) is 0 Å². The van der Waals surface area contributed by atoms with E-state index in [9.17, 15) is 4.79 Å². The molecule has 0 radical (unpaired) electrons. The second-order valence-electron chi connectivity index (χ2n) is 3.96. The maximum absolute atomic E-state index is 11.2. The molecule has 0 spiro atoms. The van der Waals surface area contributed by atoms with Crippen LogP contribution >= 0.6 is 0 Å². The Morgan fingerprint density at radius 3 is 2.50 bits per heavy atom. The quantitative estimate of drug-likeness (QED) is 0.514. The number of aliphatic hydroxyl groups is 1. The molecule has 14 heavy (non-hydrogen) atoms. The standard InChI is InChI=1S/C10H22N2O2/c1-8(2)12-10(14)4-5-11-6-9(3)7-13/h8-9,11,13H,4-7H2,1-3H3,(H,12,14). The van der Waals surface area contributed by atoms with Crippen molar-refractivity contribution in [1.29, 1.82) is 0 Å². The molecule has 0 rings (SSSR count). The van der Waals surface area contributed by atoms with Gasteiger partial charge in [0.05, 0.1) is 0 Å². The molecule has 0 aliphatic rings. The van der Waals surface area contributed by atoms with Gasteiger partial charge < -0.3 is 15.7 Å². The van der Waals surface area contributed by atoms with Gasteiger partial charge in [-0.25, -0.2) is 0 Å². The number of nitrogens with one attached hydrogen (secondary N) is 2. The Morgan fingerprint density at radius 1 is 1.36 bits per heavy atom. The van der Waals surface area contributed by atoms with E-state index in [0.29, 0.717) is 13.0 Å². The van der Waals surface area contributed by atoms with Crippen LogP contribution in [-0.2, 0) is 4.79 Å². The van der Waals surface area contributed by atoms with Crippen molar-refractivity contribution in [1.82, 2.24) is 10.6 Å². The van der Waals surface area contributed by atoms with Gasteiger partial charge in [-0.1, -0.05) is 6.92 Å². The van der Waals surface area contributed by atoms with Crippen molar-refractivity contribution in [2.75, 3.05) is 19.7 Å². The molecule has 4 heteroatoms. The molecule has 0 heterocycles. The minimum atomic E-state index is 0.0733. The van der Waals surface area contributed by atoms with Crippen molar-refractivity contribution < 1.29 is 9.90 Å². The van der Waals surface area contributed by atoms with Crippen LogP contribution in [-0.4, -0.2) is 36.8 Å². The summed E-state index contributed by atoms with van der Waals surface area (Å²) in [5, 5.41) is 14.7. The molecule has 4 nitrogen and oxygen atoms in total. The van der Waals surface area contributed by atoms with Crippen LogP contribution in [0.2, 0.25) is 0 Å². The summed E-state index contributed by atoms with van der Waals surface area (Å²) in [6.07, 6.45) is 0.496. The lowest BCUT2D eigenvalue weighted by atomic mass is 10.2. The number of aliphatic hydroxyl groups excluding tert-OH is 1. The third kappa shape index (κ3) is 8.01. The summed E-state index contributed by atoms with van der Waals surface area (Å²) in [6.45, 7) is 7.46. The van der Waals surface area contributed by atoms with Crippen LogP contribution in [0.4, 0.5) is 0 Å². The number of hydrogen-bond donors (Lipinski definition) is 3. The van der Waals surface area contributed by atoms with Gasteiger partial charge in [-0.2, -0.15) is 0 Å². The summed E-state index contributed by atoms with van der Waals surface area (Å²) in [4.78, 5) is 11.2. The molecule has 0 aliphatic carbocycles. The fourth-order valence-corrected chi connectivity index (χ4v) is 1.01. The summed E-state index contributed by atoms with van der Waals surface area (Å²) >= 11 is 0. The molecule has 0 aromatic heterocycles. The normalized spacial score (nSPS) is 12.9. The molecular formula is C10H22N2O2. The van der Waals surface area contributed by atoms with Crippen molar-refractivity contribution >= 4 is 5.91 Å². The zero-order valence-corrected chi connectivity index (χ0v) is 9.34. The zero-order valence-electron chi connectivity index (χ0n) is 9.34. The molecule has 84 valence electrons. The first-order valence-electron chi connectivity index (χ1n) is 5.17. The Kier molecular flexibility index (Phi) is 7.42. The predicted octanol–water partition coefficient (Wildman–Crippen LogP) is 0.119. The summed E-state index contributed by atoms with van der Waals surface area (Å²) < 4.78 is 0. The number of carbonyl (C=O) groups is 1. The Bertz CT molecular complexity index is 160. The topological polar surface area (TPSA) is 61.4 Å². The first-order valence-corrected chi connectivity index (χ1v) is 5.17. The number of amides is 1. The maximum atomic E-state index is 11.2. The summed E-state index contributed by atoms with van der Waals surface area (Å²) in [5.41, 5.74) is 0. The minimum Gasteiger partial charge on any atom is -0.396 e. The van der Waals surface area contributed by atoms with Crippen molar-refractivity contribution in [2.24, 2.45) is 5.92 Å². The smallest absolute Gasteiger partial charge is 0.221 e. The Balaban J connectivity index is 3.31. The molecule has 3 N–H and O–H groups in total. The minimum absolute atomic E-state index is 0.0733. The SMILES string of the molecule is CC(CO)CNCCC(=O)NC(C)C. The van der Waals surface area contributed by atoms with E-state index >= 15 is 0 Å². The van der Waals surface area contributed by atoms with Crippen LogP contribution < -0.4 is 10.6 Å². The highest BCUT2D eigenvalue weighted by Crippen LogP contribution is 1.89. The van der Waals surface area contributed by atoms with Gasteiger partial charge in [0.25, 0.3) is 0 Å². The lowest BCUT2D eigenvalue weighted by Crippen LogP contribution is -2.33. The van der Waals surface area contributed by atoms with Crippen molar-refractivity contribution in [3.8, 4) is 0 Å². The molecule has 0 aromatic carbocycles. The molecule has 0 saturated carbocycles. The number of rotatable bonds is 7. The Hall–Kier alpha value is -0.610. The lowest BCUT2D eigenvalue weighted by Gasteiger charge is -2.10. The molecule has 0 saturated heterocycles. The number of hydrogen-bond acceptors (Lipinski definition) is 3. The van der Waals surface area contributed by atoms with E-state index in [1.54, 1.807) is 0 Å². The third-order valence-corrected chi connectivity index (χ3v) is 1.78. The summed E-state index contributed by atoms with van der Waals surface area (Å²) in [6, 6.07) is 0.207. The monoisotopic (exact) mass is 202 g/mol. The summed E-state index contributed by atoms with van der Waals surface area (Å²) in [7, 11) is 0. The van der Waals surface area contributed by atoms with E-state index in [0.717, 1.165) is 6.54 Å². The first-order chi connectivity index (χ1) is 6.56. The molecule has 1 unspecified atom stereocenters. The van der Waals surface area contributed by atoms with Gasteiger partial charge in [-0.05, 0) is 26.3 Å². The van der Waals surface area contributed by atoms with Crippen LogP contribution in [0.1, 0.15) is 27.2 Å². The van der Waals surface area contributed by atoms with Crippen LogP contribution in [0, 0.1) is 5.92 Å². The van der Waals surface area contributed by atoms with Crippen LogP contribution in [0.15, 0.2) is 0 Å². The molecule has 0 fully saturated rings. The average Bonchev–Trinajstić information content (AvgIpc) is 2.10. The first kappa shape index (κ1) is 13.4. The Morgan fingerprint density at radius 2 is 2.00 bits per heavy atom. The maximum Gasteiger partial charge on any atom is 0.221 e. The van der Waals surface area contributed by atoms with Gasteiger partial charge in [0.15, 0.2) is 0 Å². The van der Waals surface area contributed by atoms with E-state index in [2.05, 4.69) is 10.6 Å². The largest absolute Gasteiger partial charge is 0.396 e. The van der Waals surface area contributed by atoms with Gasteiger partial charge >= 0.3 is 0 Å². The van der Waals surface area contributed by atoms with Gasteiger partial charge in [-0.3, -0.25) is 4.79 Å². The highest BCUT2D eigenvalue weighted by Gasteiger charge is 2.03. The van der Waals surface area contributed by atoms with Crippen LogP contribution in [0.25, 0.3) is 0 Å². The highest BCUT2D eigenvalue weighted by molar-refractivity contribution is 5.76. The van der Waals surface area contributed by atoms with Crippen LogP contribution in [0.5, 0.6) is 0 Å². The fraction of sp³-hybridized carbons (Fsp3) is 0.900. The van der Waals surface area contributed by atoms with E-state index in [1.807, 2.05) is 20.8 Å². The molecule has 1 amide bonds. The van der Waals surface area contributed by atoms with Gasteiger partial charge in [0.2, 0.25) is 5.91 Å². The summed E-state index contributed by atoms with van der Waals surface area (Å²) in [5.74, 6) is 0.326. The second kappa shape index (κ2) is 7.76. The van der Waals surface area contributed by atoms with Crippen molar-refractivity contribution in [2.45, 2.75) is 33.2 Å². The van der Waals surface area contributed by atoms with Crippen molar-refractivity contribution in [3.63, 3.8) is 0 Å². The molecule has 1 atom stereocenters. The average molecular weight is 202 g/mol. The lowest BCUT2D eigenvalue weighted by molar-refractivity contribution is -0.121. The number of carbonyl (C=O) groups excluding carboxylic acids is 1. The van der Waals surface area contributed by atoms with Gasteiger partial charge in [-0.15, -0.1) is 0 Å². The van der Waals surface area contributed by atoms with Crippen molar-refractivity contribution in [3.05, 3.63) is 0 Å². The van der Waals surface area contributed by atoms with Gasteiger partial charge in [0, 0.05) is 25.6 Å². The highest BCUT2D eigenvalue weighted by atomic mass is 16.3.